The summed E-state index contributed by atoms with van der Waals surface area (Å²) in [5.41, 5.74) is 2.72. The highest BCUT2D eigenvalue weighted by molar-refractivity contribution is 6.07. The second-order valence-corrected chi connectivity index (χ2v) is 6.82. The lowest BCUT2D eigenvalue weighted by Gasteiger charge is -2.17. The zero-order valence-electron chi connectivity index (χ0n) is 15.4. The zero-order chi connectivity index (χ0) is 18.6. The van der Waals surface area contributed by atoms with Crippen molar-refractivity contribution < 1.29 is 19.0 Å². The molecule has 0 bridgehead atoms. The monoisotopic (exact) mass is 365 g/mol. The lowest BCUT2D eigenvalue weighted by molar-refractivity contribution is 0.104. The van der Waals surface area contributed by atoms with Gasteiger partial charge < -0.3 is 14.2 Å². The highest BCUT2D eigenvalue weighted by Gasteiger charge is 2.16. The number of hydrogen-bond donors (Lipinski definition) is 0. The Morgan fingerprint density at radius 3 is 2.74 bits per heavy atom. The molecule has 0 aromatic heterocycles. The third-order valence-electron chi connectivity index (χ3n) is 4.98. The van der Waals surface area contributed by atoms with Gasteiger partial charge in [0, 0.05) is 17.7 Å². The number of allylic oxidation sites excluding steroid dienone is 1. The van der Waals surface area contributed by atoms with E-state index < -0.39 is 0 Å². The molecule has 2 heterocycles. The predicted molar refractivity (Wildman–Crippen MR) is 103 cm³/mol. The summed E-state index contributed by atoms with van der Waals surface area (Å²) in [7, 11) is 1.70. The summed E-state index contributed by atoms with van der Waals surface area (Å²) in [5.74, 6) is 2.12. The van der Waals surface area contributed by atoms with Gasteiger partial charge in [0.2, 0.25) is 6.79 Å². The van der Waals surface area contributed by atoms with Crippen molar-refractivity contribution in [2.75, 3.05) is 27.0 Å². The Morgan fingerprint density at radius 2 is 1.93 bits per heavy atom. The molecule has 0 unspecified atom stereocenters. The Morgan fingerprint density at radius 1 is 1.11 bits per heavy atom. The normalized spacial score (nSPS) is 16.2. The molecule has 27 heavy (non-hydrogen) atoms. The number of carbonyl (C=O) groups excluding carboxylic acids is 1. The van der Waals surface area contributed by atoms with E-state index >= 15 is 0 Å². The molecule has 1 saturated heterocycles. The average molecular weight is 365 g/mol. The number of nitrogens with zero attached hydrogens (tertiary/aromatic N) is 1. The van der Waals surface area contributed by atoms with Gasteiger partial charge in [-0.1, -0.05) is 12.1 Å². The lowest BCUT2D eigenvalue weighted by atomic mass is 10.1. The van der Waals surface area contributed by atoms with Crippen LogP contribution in [0.3, 0.4) is 0 Å². The summed E-state index contributed by atoms with van der Waals surface area (Å²) < 4.78 is 16.1. The summed E-state index contributed by atoms with van der Waals surface area (Å²) in [5, 5.41) is 0. The first-order chi connectivity index (χ1) is 13.2. The highest BCUT2D eigenvalue weighted by atomic mass is 16.7. The van der Waals surface area contributed by atoms with Crippen LogP contribution >= 0.6 is 0 Å². The lowest BCUT2D eigenvalue weighted by Crippen LogP contribution is -2.18. The van der Waals surface area contributed by atoms with Gasteiger partial charge in [-0.05, 0) is 67.9 Å². The molecule has 2 aliphatic rings. The number of ether oxygens (including phenoxy) is 3. The van der Waals surface area contributed by atoms with Gasteiger partial charge in [-0.15, -0.1) is 0 Å². The molecule has 0 N–H and O–H groups in total. The number of likely N-dealkylation sites (tertiary alicyclic amines) is 1. The van der Waals surface area contributed by atoms with E-state index in [1.807, 2.05) is 18.2 Å². The van der Waals surface area contributed by atoms with Gasteiger partial charge in [-0.2, -0.15) is 0 Å². The Balaban J connectivity index is 1.50. The zero-order valence-corrected chi connectivity index (χ0v) is 15.4. The summed E-state index contributed by atoms with van der Waals surface area (Å²) in [4.78, 5) is 14.9. The Bertz CT molecular complexity index is 869. The van der Waals surface area contributed by atoms with E-state index in [9.17, 15) is 4.79 Å². The number of rotatable bonds is 6. The van der Waals surface area contributed by atoms with E-state index in [1.54, 1.807) is 31.4 Å². The molecular formula is C22H23NO4. The fourth-order valence-electron chi connectivity index (χ4n) is 3.53. The maximum absolute atomic E-state index is 12.5. The first-order valence-electron chi connectivity index (χ1n) is 9.24. The van der Waals surface area contributed by atoms with Gasteiger partial charge in [0.15, 0.2) is 17.3 Å². The van der Waals surface area contributed by atoms with Crippen molar-refractivity contribution in [2.24, 2.45) is 0 Å². The molecule has 2 aliphatic heterocycles. The van der Waals surface area contributed by atoms with Crippen molar-refractivity contribution in [1.29, 1.82) is 0 Å². The molecule has 2 aromatic carbocycles. The average Bonchev–Trinajstić information content (AvgIpc) is 3.37. The minimum absolute atomic E-state index is 0.0646. The van der Waals surface area contributed by atoms with Gasteiger partial charge in [0.05, 0.1) is 7.11 Å². The van der Waals surface area contributed by atoms with Gasteiger partial charge in [-0.25, -0.2) is 0 Å². The number of methoxy groups -OCH3 is 1. The van der Waals surface area contributed by atoms with Crippen LogP contribution in [0.15, 0.2) is 42.5 Å². The van der Waals surface area contributed by atoms with Crippen LogP contribution in [0.5, 0.6) is 17.2 Å². The van der Waals surface area contributed by atoms with Gasteiger partial charge in [-0.3, -0.25) is 9.69 Å². The van der Waals surface area contributed by atoms with Crippen molar-refractivity contribution in [2.45, 2.75) is 19.4 Å². The summed E-state index contributed by atoms with van der Waals surface area (Å²) in [6.45, 7) is 3.34. The minimum Gasteiger partial charge on any atom is -0.496 e. The van der Waals surface area contributed by atoms with Crippen LogP contribution in [0.1, 0.15) is 34.3 Å². The first kappa shape index (κ1) is 17.6. The van der Waals surface area contributed by atoms with Crippen LogP contribution < -0.4 is 14.2 Å². The van der Waals surface area contributed by atoms with Gasteiger partial charge in [0.25, 0.3) is 0 Å². The first-order valence-corrected chi connectivity index (χ1v) is 9.24. The fraction of sp³-hybridized carbons (Fsp3) is 0.318. The van der Waals surface area contributed by atoms with E-state index in [2.05, 4.69) is 11.0 Å². The summed E-state index contributed by atoms with van der Waals surface area (Å²) in [6, 6.07) is 11.3. The Labute approximate surface area is 159 Å². The van der Waals surface area contributed by atoms with Crippen molar-refractivity contribution in [3.05, 3.63) is 59.2 Å². The van der Waals surface area contributed by atoms with Crippen molar-refractivity contribution in [3.63, 3.8) is 0 Å². The van der Waals surface area contributed by atoms with Crippen LogP contribution in [0.2, 0.25) is 0 Å². The largest absolute Gasteiger partial charge is 0.496 e. The number of benzene rings is 2. The van der Waals surface area contributed by atoms with Crippen molar-refractivity contribution in [1.82, 2.24) is 4.90 Å². The molecule has 0 radical (unpaired) electrons. The van der Waals surface area contributed by atoms with E-state index in [0.29, 0.717) is 17.1 Å². The smallest absolute Gasteiger partial charge is 0.231 e. The van der Waals surface area contributed by atoms with Gasteiger partial charge in [0.1, 0.15) is 5.75 Å². The predicted octanol–water partition coefficient (Wildman–Crippen LogP) is 3.92. The summed E-state index contributed by atoms with van der Waals surface area (Å²) in [6.07, 6.45) is 5.96. The Kier molecular flexibility index (Phi) is 5.12. The van der Waals surface area contributed by atoms with E-state index in [4.69, 9.17) is 14.2 Å². The van der Waals surface area contributed by atoms with Crippen LogP contribution in [-0.2, 0) is 6.54 Å². The number of ketones is 1. The molecule has 0 atom stereocenters. The fourth-order valence-corrected chi connectivity index (χ4v) is 3.53. The van der Waals surface area contributed by atoms with Crippen molar-refractivity contribution in [3.8, 4) is 17.2 Å². The molecule has 1 fully saturated rings. The molecule has 2 aromatic rings. The molecule has 5 nitrogen and oxygen atoms in total. The molecular weight excluding hydrogens is 342 g/mol. The van der Waals surface area contributed by atoms with Crippen LogP contribution in [0.25, 0.3) is 6.08 Å². The van der Waals surface area contributed by atoms with Crippen LogP contribution in [0, 0.1) is 0 Å². The molecule has 0 aliphatic carbocycles. The second-order valence-electron chi connectivity index (χ2n) is 6.82. The molecule has 0 saturated carbocycles. The third kappa shape index (κ3) is 3.98. The van der Waals surface area contributed by atoms with Crippen LogP contribution in [-0.4, -0.2) is 37.7 Å². The maximum atomic E-state index is 12.5. The van der Waals surface area contributed by atoms with E-state index in [1.165, 1.54) is 12.8 Å². The van der Waals surface area contributed by atoms with Gasteiger partial charge >= 0.3 is 0 Å². The third-order valence-corrected chi connectivity index (χ3v) is 4.98. The number of carbonyl (C=O) groups is 1. The topological polar surface area (TPSA) is 48.0 Å². The molecule has 4 rings (SSSR count). The van der Waals surface area contributed by atoms with E-state index in [-0.39, 0.29) is 12.6 Å². The number of fused-ring (bicyclic) bond motifs is 1. The molecule has 140 valence electrons. The number of hydrogen-bond acceptors (Lipinski definition) is 5. The SMILES string of the molecule is COc1ccc(/C=C/C(=O)c2ccc3c(c2)OCO3)cc1CN1CCCC1. The standard InChI is InChI=1S/C22H23NO4/c1-25-20-8-5-16(12-18(20)14-23-10-2-3-11-23)4-7-19(24)17-6-9-21-22(13-17)27-15-26-21/h4-9,12-13H,2-3,10-11,14-15H2,1H3/b7-4+. The molecule has 5 heteroatoms. The van der Waals surface area contributed by atoms with Crippen molar-refractivity contribution >= 4 is 11.9 Å². The van der Waals surface area contributed by atoms with E-state index in [0.717, 1.165) is 36.5 Å². The highest BCUT2D eigenvalue weighted by Crippen LogP contribution is 2.32. The van der Waals surface area contributed by atoms with Crippen LogP contribution in [0.4, 0.5) is 0 Å². The molecule has 0 amide bonds. The summed E-state index contributed by atoms with van der Waals surface area (Å²) >= 11 is 0. The molecule has 0 spiro atoms. The Hall–Kier alpha value is -2.79. The maximum Gasteiger partial charge on any atom is 0.231 e. The quantitative estimate of drug-likeness (QED) is 0.574. The second kappa shape index (κ2) is 7.84. The minimum atomic E-state index is -0.0646.